The van der Waals surface area contributed by atoms with Gasteiger partial charge in [0.05, 0.1) is 0 Å². The summed E-state index contributed by atoms with van der Waals surface area (Å²) in [7, 11) is 0. The highest BCUT2D eigenvalue weighted by molar-refractivity contribution is 9.11. The van der Waals surface area contributed by atoms with Crippen LogP contribution in [0.1, 0.15) is 39.0 Å². The van der Waals surface area contributed by atoms with Gasteiger partial charge in [0.2, 0.25) is 0 Å². The average Bonchev–Trinajstić information content (AvgIpc) is 2.49. The SMILES string of the molecule is CC1(OC(=O)COc2cc(Br)cc(Br)c2)C2CC3CC(C2)CC1C3. The summed E-state index contributed by atoms with van der Waals surface area (Å²) in [5.74, 6) is 3.23. The fourth-order valence-corrected chi connectivity index (χ4v) is 6.57. The first-order chi connectivity index (χ1) is 11.4. The van der Waals surface area contributed by atoms with Gasteiger partial charge in [-0.25, -0.2) is 4.79 Å². The molecule has 1 aromatic rings. The van der Waals surface area contributed by atoms with E-state index in [9.17, 15) is 4.79 Å². The normalized spacial score (nSPS) is 36.6. The molecule has 0 radical (unpaired) electrons. The van der Waals surface area contributed by atoms with Crippen molar-refractivity contribution < 1.29 is 14.3 Å². The van der Waals surface area contributed by atoms with Crippen LogP contribution in [0.15, 0.2) is 27.1 Å². The van der Waals surface area contributed by atoms with E-state index in [0.29, 0.717) is 17.6 Å². The predicted octanol–water partition coefficient (Wildman–Crippen LogP) is 5.35. The molecule has 4 aliphatic rings. The van der Waals surface area contributed by atoms with Crippen LogP contribution in [0.2, 0.25) is 0 Å². The van der Waals surface area contributed by atoms with E-state index in [1.165, 1.54) is 32.1 Å². The highest BCUT2D eigenvalue weighted by Crippen LogP contribution is 2.59. The third-order valence-corrected chi connectivity index (χ3v) is 7.20. The molecule has 1 aromatic carbocycles. The van der Waals surface area contributed by atoms with Gasteiger partial charge < -0.3 is 9.47 Å². The monoisotopic (exact) mass is 456 g/mol. The van der Waals surface area contributed by atoms with Crippen LogP contribution in [-0.4, -0.2) is 18.2 Å². The Labute approximate surface area is 159 Å². The lowest BCUT2D eigenvalue weighted by atomic mass is 9.50. The molecule has 3 nitrogen and oxygen atoms in total. The summed E-state index contributed by atoms with van der Waals surface area (Å²) in [6.45, 7) is 2.12. The molecule has 4 saturated carbocycles. The van der Waals surface area contributed by atoms with Crippen LogP contribution in [0.5, 0.6) is 5.75 Å². The predicted molar refractivity (Wildman–Crippen MR) is 98.9 cm³/mol. The lowest BCUT2D eigenvalue weighted by Gasteiger charge is -2.59. The Hall–Kier alpha value is -0.550. The number of ether oxygens (including phenoxy) is 2. The largest absolute Gasteiger partial charge is 0.482 e. The summed E-state index contributed by atoms with van der Waals surface area (Å²) < 4.78 is 13.5. The third-order valence-electron chi connectivity index (χ3n) is 6.29. The summed E-state index contributed by atoms with van der Waals surface area (Å²) in [5.41, 5.74) is -0.286. The van der Waals surface area contributed by atoms with Gasteiger partial charge in [0.25, 0.3) is 0 Å². The van der Waals surface area contributed by atoms with Gasteiger partial charge in [-0.1, -0.05) is 31.9 Å². The Balaban J connectivity index is 1.39. The molecule has 5 rings (SSSR count). The van der Waals surface area contributed by atoms with Crippen LogP contribution >= 0.6 is 31.9 Å². The smallest absolute Gasteiger partial charge is 0.344 e. The van der Waals surface area contributed by atoms with Crippen LogP contribution in [0.3, 0.4) is 0 Å². The summed E-state index contributed by atoms with van der Waals surface area (Å²) in [4.78, 5) is 12.4. The van der Waals surface area contributed by atoms with E-state index in [2.05, 4.69) is 38.8 Å². The van der Waals surface area contributed by atoms with Crippen molar-refractivity contribution in [2.45, 2.75) is 44.6 Å². The maximum absolute atomic E-state index is 12.4. The molecule has 0 atom stereocenters. The standard InChI is InChI=1S/C19H22Br2O3/c1-19(13-3-11-2-12(5-13)6-14(19)4-11)24-18(22)10-23-17-8-15(20)7-16(21)9-17/h7-9,11-14H,2-6,10H2,1H3. The van der Waals surface area contributed by atoms with Gasteiger partial charge in [0.15, 0.2) is 6.61 Å². The molecule has 0 spiro atoms. The molecule has 0 amide bonds. The number of halogens is 2. The number of hydrogen-bond donors (Lipinski definition) is 0. The second-order valence-electron chi connectivity index (χ2n) is 7.86. The van der Waals surface area contributed by atoms with Crippen molar-refractivity contribution >= 4 is 37.8 Å². The topological polar surface area (TPSA) is 35.5 Å². The van der Waals surface area contributed by atoms with E-state index < -0.39 is 0 Å². The van der Waals surface area contributed by atoms with E-state index in [1.54, 1.807) is 0 Å². The number of carbonyl (C=O) groups excluding carboxylic acids is 1. The summed E-state index contributed by atoms with van der Waals surface area (Å²) in [5, 5.41) is 0. The molecule has 130 valence electrons. The Morgan fingerprint density at radius 2 is 1.58 bits per heavy atom. The van der Waals surface area contributed by atoms with E-state index >= 15 is 0 Å². The van der Waals surface area contributed by atoms with Crippen molar-refractivity contribution in [3.05, 3.63) is 27.1 Å². The molecule has 4 aliphatic carbocycles. The lowest BCUT2D eigenvalue weighted by molar-refractivity contribution is -0.204. The average molecular weight is 458 g/mol. The molecule has 0 unspecified atom stereocenters. The highest BCUT2D eigenvalue weighted by Gasteiger charge is 2.57. The molecule has 0 aliphatic heterocycles. The Kier molecular flexibility index (Phi) is 4.44. The van der Waals surface area contributed by atoms with E-state index in [-0.39, 0.29) is 18.2 Å². The first-order valence-electron chi connectivity index (χ1n) is 8.73. The molecule has 0 heterocycles. The molecular weight excluding hydrogens is 436 g/mol. The van der Waals surface area contributed by atoms with Gasteiger partial charge in [0, 0.05) is 8.95 Å². The first kappa shape index (κ1) is 16.9. The summed E-state index contributed by atoms with van der Waals surface area (Å²) in [6, 6.07) is 5.63. The van der Waals surface area contributed by atoms with E-state index in [4.69, 9.17) is 9.47 Å². The lowest BCUT2D eigenvalue weighted by Crippen LogP contribution is -2.58. The molecular formula is C19H22Br2O3. The number of benzene rings is 1. The minimum atomic E-state index is -0.286. The zero-order valence-corrected chi connectivity index (χ0v) is 16.9. The minimum Gasteiger partial charge on any atom is -0.482 e. The zero-order valence-electron chi connectivity index (χ0n) is 13.8. The quantitative estimate of drug-likeness (QED) is 0.571. The second-order valence-corrected chi connectivity index (χ2v) is 9.69. The fraction of sp³-hybridized carbons (Fsp3) is 0.632. The first-order valence-corrected chi connectivity index (χ1v) is 10.3. The molecule has 4 fully saturated rings. The van der Waals surface area contributed by atoms with Gasteiger partial charge in [-0.05, 0) is 80.9 Å². The summed E-state index contributed by atoms with van der Waals surface area (Å²) in [6.07, 6.45) is 6.33. The number of esters is 1. The van der Waals surface area contributed by atoms with Crippen molar-refractivity contribution in [2.24, 2.45) is 23.7 Å². The van der Waals surface area contributed by atoms with Crippen LogP contribution in [-0.2, 0) is 9.53 Å². The van der Waals surface area contributed by atoms with Gasteiger partial charge in [-0.2, -0.15) is 0 Å². The fourth-order valence-electron chi connectivity index (χ4n) is 5.32. The van der Waals surface area contributed by atoms with Crippen LogP contribution < -0.4 is 4.74 Å². The van der Waals surface area contributed by atoms with Crippen molar-refractivity contribution in [3.63, 3.8) is 0 Å². The van der Waals surface area contributed by atoms with Crippen LogP contribution in [0.25, 0.3) is 0 Å². The number of carbonyl (C=O) groups is 1. The van der Waals surface area contributed by atoms with Crippen LogP contribution in [0, 0.1) is 23.7 Å². The number of rotatable bonds is 4. The third kappa shape index (κ3) is 3.14. The van der Waals surface area contributed by atoms with Gasteiger partial charge in [-0.3, -0.25) is 0 Å². The Bertz CT molecular complexity index is 610. The van der Waals surface area contributed by atoms with E-state index in [0.717, 1.165) is 20.8 Å². The van der Waals surface area contributed by atoms with Crippen molar-refractivity contribution in [3.8, 4) is 5.75 Å². The molecule has 0 saturated heterocycles. The van der Waals surface area contributed by atoms with Gasteiger partial charge >= 0.3 is 5.97 Å². The molecule has 0 N–H and O–H groups in total. The molecule has 5 heteroatoms. The van der Waals surface area contributed by atoms with Crippen molar-refractivity contribution in [2.75, 3.05) is 6.61 Å². The van der Waals surface area contributed by atoms with Crippen molar-refractivity contribution in [1.82, 2.24) is 0 Å². The number of hydrogen-bond acceptors (Lipinski definition) is 3. The Morgan fingerprint density at radius 3 is 2.12 bits per heavy atom. The van der Waals surface area contributed by atoms with Gasteiger partial charge in [-0.15, -0.1) is 0 Å². The molecule has 0 aromatic heterocycles. The van der Waals surface area contributed by atoms with E-state index in [1.807, 2.05) is 18.2 Å². The zero-order chi connectivity index (χ0) is 16.9. The van der Waals surface area contributed by atoms with Crippen molar-refractivity contribution in [1.29, 1.82) is 0 Å². The minimum absolute atomic E-state index is 0.0369. The maximum Gasteiger partial charge on any atom is 0.344 e. The highest BCUT2D eigenvalue weighted by atomic mass is 79.9. The molecule has 4 bridgehead atoms. The molecule has 24 heavy (non-hydrogen) atoms. The van der Waals surface area contributed by atoms with Crippen LogP contribution in [0.4, 0.5) is 0 Å². The second kappa shape index (κ2) is 6.31. The van der Waals surface area contributed by atoms with Gasteiger partial charge in [0.1, 0.15) is 11.4 Å². The summed E-state index contributed by atoms with van der Waals surface area (Å²) >= 11 is 6.85. The maximum atomic E-state index is 12.4. The Morgan fingerprint density at radius 1 is 1.04 bits per heavy atom.